The minimum absolute atomic E-state index is 0.0540. The van der Waals surface area contributed by atoms with Gasteiger partial charge >= 0.3 is 0 Å². The van der Waals surface area contributed by atoms with Gasteiger partial charge < -0.3 is 38.9 Å². The van der Waals surface area contributed by atoms with Crippen molar-refractivity contribution in [2.75, 3.05) is 95.7 Å². The molecule has 4 aliphatic rings. The SMILES string of the molecule is CC1(C)CCC(CN2CCN(c3ccc(C(=O)NS(=O)(=O)c4ccc(NCCCCOCCOCCOCCOCc5cccc6c5C(=O)N(C5CCC(=O)CC5=O)C6=O)c([N+](=O)[O-])c4)c(Oc4cnc5[nH]ccc5c4)c3)CC2)=C(c2ccc(Cl)cc2)C1. The molecule has 0 spiro atoms. The van der Waals surface area contributed by atoms with Gasteiger partial charge in [0.15, 0.2) is 5.78 Å². The van der Waals surface area contributed by atoms with Gasteiger partial charge in [0.25, 0.3) is 33.4 Å². The second-order valence-corrected chi connectivity index (χ2v) is 25.1. The number of piperazine rings is 1. The predicted molar refractivity (Wildman–Crippen MR) is 329 cm³/mol. The van der Waals surface area contributed by atoms with Crippen molar-refractivity contribution >= 4 is 84.6 Å². The number of unbranched alkanes of at least 4 members (excludes halogenated alkanes) is 1. The fourth-order valence-electron chi connectivity index (χ4n) is 11.5. The summed E-state index contributed by atoms with van der Waals surface area (Å²) in [5.41, 5.74) is 6.15. The van der Waals surface area contributed by atoms with Crippen LogP contribution in [0.25, 0.3) is 16.6 Å². The average molecular weight is 1240 g/mol. The second kappa shape index (κ2) is 28.5. The molecule has 0 bridgehead atoms. The number of nitrogens with zero attached hydrogens (tertiary/aromatic N) is 5. The number of aromatic nitrogens is 2. The van der Waals surface area contributed by atoms with Crippen LogP contribution in [-0.2, 0) is 45.2 Å². The molecule has 0 radical (unpaired) electrons. The number of pyridine rings is 1. The lowest BCUT2D eigenvalue weighted by molar-refractivity contribution is -0.384. The Morgan fingerprint density at radius 3 is 2.32 bits per heavy atom. The highest BCUT2D eigenvalue weighted by molar-refractivity contribution is 7.90. The summed E-state index contributed by atoms with van der Waals surface area (Å²) in [7, 11) is -4.64. The highest BCUT2D eigenvalue weighted by atomic mass is 35.5. The van der Waals surface area contributed by atoms with Crippen LogP contribution in [0.2, 0.25) is 5.02 Å². The number of fused-ring (bicyclic) bond motifs is 2. The molecule has 3 amide bonds. The van der Waals surface area contributed by atoms with Gasteiger partial charge in [-0.3, -0.25) is 43.9 Å². The minimum Gasteiger partial charge on any atom is -0.455 e. The first-order valence-corrected chi connectivity index (χ1v) is 31.4. The van der Waals surface area contributed by atoms with Crippen LogP contribution in [0.1, 0.15) is 107 Å². The maximum absolute atomic E-state index is 14.1. The zero-order valence-electron chi connectivity index (χ0n) is 49.2. The van der Waals surface area contributed by atoms with Gasteiger partial charge in [0.1, 0.15) is 28.6 Å². The topological polar surface area (TPSA) is 271 Å². The molecule has 1 atom stereocenters. The first-order valence-electron chi connectivity index (χ1n) is 29.6. The zero-order valence-corrected chi connectivity index (χ0v) is 50.8. The van der Waals surface area contributed by atoms with Crippen LogP contribution in [0.5, 0.6) is 11.5 Å². The molecule has 1 saturated carbocycles. The van der Waals surface area contributed by atoms with E-state index < -0.39 is 55.1 Å². The number of benzene rings is 4. The van der Waals surface area contributed by atoms with Crippen LogP contribution < -0.4 is 19.7 Å². The Kier molecular flexibility index (Phi) is 20.4. The summed E-state index contributed by atoms with van der Waals surface area (Å²) in [5, 5.41) is 16.8. The van der Waals surface area contributed by atoms with Crippen molar-refractivity contribution in [3.05, 3.63) is 152 Å². The molecule has 4 aromatic carbocycles. The number of ether oxygens (including phenoxy) is 5. The monoisotopic (exact) mass is 1240 g/mol. The quantitative estimate of drug-likeness (QED) is 0.0136. The van der Waals surface area contributed by atoms with E-state index in [1.54, 1.807) is 42.6 Å². The molecule has 3 N–H and O–H groups in total. The van der Waals surface area contributed by atoms with E-state index >= 15 is 0 Å². The predicted octanol–water partition coefficient (Wildman–Crippen LogP) is 9.57. The van der Waals surface area contributed by atoms with Gasteiger partial charge in [0.2, 0.25) is 0 Å². The lowest BCUT2D eigenvalue weighted by Crippen LogP contribution is -2.47. The van der Waals surface area contributed by atoms with Crippen molar-refractivity contribution in [1.82, 2.24) is 24.5 Å². The van der Waals surface area contributed by atoms with Crippen molar-refractivity contribution in [1.29, 1.82) is 0 Å². The zero-order chi connectivity index (χ0) is 62.0. The van der Waals surface area contributed by atoms with Gasteiger partial charge in [0, 0.05) is 86.7 Å². The smallest absolute Gasteiger partial charge is 0.293 e. The van der Waals surface area contributed by atoms with Crippen molar-refractivity contribution in [2.24, 2.45) is 5.41 Å². The number of halogens is 1. The van der Waals surface area contributed by atoms with E-state index in [1.807, 2.05) is 18.2 Å². The maximum Gasteiger partial charge on any atom is 0.293 e. The number of allylic oxidation sites excluding steroid dienone is 1. The van der Waals surface area contributed by atoms with Gasteiger partial charge in [-0.2, -0.15) is 0 Å². The molecule has 464 valence electrons. The number of H-pyrrole nitrogens is 1. The van der Waals surface area contributed by atoms with Crippen molar-refractivity contribution in [2.45, 2.75) is 82.8 Å². The number of nitrogens with one attached hydrogen (secondary N) is 3. The summed E-state index contributed by atoms with van der Waals surface area (Å²) in [6.45, 7) is 11.0. The number of nitro groups is 1. The normalized spacial score (nSPS) is 17.2. The standard InChI is InChI=1S/C64H71ClN8O14S/c1-64(2)20-18-44(53(38-64)42-8-10-46(65)11-9-42)40-70-23-25-71(26-24-70)47-12-15-51(58(35-47)87-49-34-43-19-22-67-60(43)68-39-49)61(76)69-88(81,82)50-14-16-54(56(37-50)73(79)80)66-21-3-4-27-83-28-29-84-30-31-85-32-33-86-41-45-6-5-7-52-59(45)63(78)72(62(52)77)55-17-13-48(74)36-57(55)75/h5-12,14-16,19,22,34-35,37,39,55,66H,3-4,13,17-18,20-21,23-33,36,38,40-41H2,1-2H3,(H,67,68)(H,69,76). The molecular weight excluding hydrogens is 1170 g/mol. The second-order valence-electron chi connectivity index (χ2n) is 23.0. The highest BCUT2D eigenvalue weighted by Crippen LogP contribution is 2.44. The third-order valence-electron chi connectivity index (χ3n) is 16.2. The van der Waals surface area contributed by atoms with Crippen molar-refractivity contribution < 1.29 is 61.0 Å². The van der Waals surface area contributed by atoms with Gasteiger partial charge in [-0.1, -0.05) is 55.3 Å². The molecule has 6 aromatic rings. The Bertz CT molecular complexity index is 3730. The molecule has 24 heteroatoms. The van der Waals surface area contributed by atoms with E-state index in [0.29, 0.717) is 87.5 Å². The Labute approximate surface area is 515 Å². The lowest BCUT2D eigenvalue weighted by Gasteiger charge is -2.39. The van der Waals surface area contributed by atoms with Gasteiger partial charge in [-0.15, -0.1) is 0 Å². The van der Waals surface area contributed by atoms with Crippen LogP contribution in [0.15, 0.2) is 114 Å². The summed E-state index contributed by atoms with van der Waals surface area (Å²) in [4.78, 5) is 89.0. The molecule has 10 rings (SSSR count). The molecule has 22 nitrogen and oxygen atoms in total. The molecule has 1 saturated heterocycles. The van der Waals surface area contributed by atoms with Crippen molar-refractivity contribution in [3.8, 4) is 11.5 Å². The summed E-state index contributed by atoms with van der Waals surface area (Å²) in [6, 6.07) is 24.1. The highest BCUT2D eigenvalue weighted by Gasteiger charge is 2.45. The number of carbonyl (C=O) groups excluding carboxylic acids is 5. The number of ketones is 2. The molecule has 88 heavy (non-hydrogen) atoms. The summed E-state index contributed by atoms with van der Waals surface area (Å²) < 4.78 is 58.7. The molecule has 2 aliphatic carbocycles. The summed E-state index contributed by atoms with van der Waals surface area (Å²) >= 11 is 6.26. The fourth-order valence-corrected chi connectivity index (χ4v) is 12.6. The van der Waals surface area contributed by atoms with Crippen LogP contribution in [0, 0.1) is 15.5 Å². The van der Waals surface area contributed by atoms with Gasteiger partial charge in [-0.25, -0.2) is 18.1 Å². The van der Waals surface area contributed by atoms with Crippen LogP contribution in [0.4, 0.5) is 17.1 Å². The molecular formula is C64H71ClN8O14S. The number of amides is 3. The van der Waals surface area contributed by atoms with E-state index in [4.69, 9.17) is 35.3 Å². The van der Waals surface area contributed by atoms with Gasteiger partial charge in [0.05, 0.1) is 91.4 Å². The van der Waals surface area contributed by atoms with Crippen LogP contribution in [-0.4, -0.2) is 154 Å². The first-order chi connectivity index (χ1) is 42.4. The fraction of sp³-hybridized carbons (Fsp3) is 0.406. The largest absolute Gasteiger partial charge is 0.455 e. The van der Waals surface area contributed by atoms with E-state index in [9.17, 15) is 42.5 Å². The number of hydrogen-bond acceptors (Lipinski definition) is 18. The van der Waals surface area contributed by atoms with E-state index in [1.165, 1.54) is 41.1 Å². The maximum atomic E-state index is 14.1. The van der Waals surface area contributed by atoms with Gasteiger partial charge in [-0.05, 0) is 115 Å². The number of imide groups is 1. The Morgan fingerprint density at radius 1 is 0.841 bits per heavy atom. The Morgan fingerprint density at radius 2 is 1.58 bits per heavy atom. The average Bonchev–Trinajstić information content (AvgIpc) is 1.82. The molecule has 1 unspecified atom stereocenters. The first kappa shape index (κ1) is 63.1. The number of aromatic amines is 1. The molecule has 2 fully saturated rings. The lowest BCUT2D eigenvalue weighted by atomic mass is 9.72. The third-order valence-corrected chi connectivity index (χ3v) is 17.8. The van der Waals surface area contributed by atoms with E-state index in [2.05, 4.69) is 55.8 Å². The molecule has 2 aliphatic heterocycles. The minimum atomic E-state index is -4.64. The summed E-state index contributed by atoms with van der Waals surface area (Å²) in [5.74, 6) is -2.30. The van der Waals surface area contributed by atoms with E-state index in [0.717, 1.165) is 60.9 Å². The van der Waals surface area contributed by atoms with Crippen molar-refractivity contribution in [3.63, 3.8) is 0 Å². The molecule has 4 heterocycles. The van der Waals surface area contributed by atoms with Crippen LogP contribution in [0.3, 0.4) is 0 Å². The number of Topliss-reactive ketones (excluding diaryl/α,β-unsaturated/α-hetero) is 2. The molecule has 2 aromatic heterocycles. The number of nitro benzene ring substituents is 1. The number of hydrogen-bond donors (Lipinski definition) is 3. The number of carbonyl (C=O) groups is 5. The van der Waals surface area contributed by atoms with E-state index in [-0.39, 0.29) is 78.4 Å². The Hall–Kier alpha value is -7.90. The number of anilines is 2. The summed E-state index contributed by atoms with van der Waals surface area (Å²) in [6.07, 6.45) is 7.56. The number of rotatable bonds is 28. The number of sulfonamides is 1. The Balaban J connectivity index is 0.652. The third kappa shape index (κ3) is 15.5. The van der Waals surface area contributed by atoms with Crippen LogP contribution >= 0.6 is 11.6 Å².